The van der Waals surface area contributed by atoms with E-state index in [1.807, 2.05) is 13.0 Å². The van der Waals surface area contributed by atoms with Crippen molar-refractivity contribution in [3.8, 4) is 0 Å². The first-order valence-corrected chi connectivity index (χ1v) is 8.56. The van der Waals surface area contributed by atoms with E-state index in [4.69, 9.17) is 0 Å². The Bertz CT molecular complexity index is 631. The van der Waals surface area contributed by atoms with Crippen molar-refractivity contribution in [3.63, 3.8) is 0 Å². The SMILES string of the molecule is CC(=O)NC1CCC(c2cc(C)ccc2S(=O)(=O)O)CC1. The second-order valence-electron chi connectivity index (χ2n) is 5.77. The maximum atomic E-state index is 11.5. The second kappa shape index (κ2) is 6.15. The molecule has 1 fully saturated rings. The lowest BCUT2D eigenvalue weighted by molar-refractivity contribution is -0.119. The Morgan fingerprint density at radius 3 is 2.38 bits per heavy atom. The summed E-state index contributed by atoms with van der Waals surface area (Å²) < 4.78 is 32.4. The maximum absolute atomic E-state index is 11.5. The highest BCUT2D eigenvalue weighted by Crippen LogP contribution is 2.36. The number of benzene rings is 1. The van der Waals surface area contributed by atoms with Gasteiger partial charge in [0.2, 0.25) is 5.91 Å². The average Bonchev–Trinajstić information content (AvgIpc) is 2.37. The van der Waals surface area contributed by atoms with E-state index < -0.39 is 10.1 Å². The predicted octanol–water partition coefficient (Wildman–Crippen LogP) is 2.40. The summed E-state index contributed by atoms with van der Waals surface area (Å²) in [6.45, 7) is 3.41. The minimum Gasteiger partial charge on any atom is -0.354 e. The van der Waals surface area contributed by atoms with Crippen LogP contribution < -0.4 is 5.32 Å². The Hall–Kier alpha value is -1.40. The molecule has 0 heterocycles. The molecule has 1 aliphatic carbocycles. The van der Waals surface area contributed by atoms with Crippen LogP contribution in [0.4, 0.5) is 0 Å². The largest absolute Gasteiger partial charge is 0.354 e. The Kier molecular flexibility index (Phi) is 4.68. The maximum Gasteiger partial charge on any atom is 0.294 e. The van der Waals surface area contributed by atoms with Crippen molar-refractivity contribution in [2.45, 2.75) is 56.4 Å². The summed E-state index contributed by atoms with van der Waals surface area (Å²) in [5.41, 5.74) is 1.67. The number of aryl methyl sites for hydroxylation is 1. The van der Waals surface area contributed by atoms with Crippen molar-refractivity contribution in [1.82, 2.24) is 5.32 Å². The zero-order valence-corrected chi connectivity index (χ0v) is 13.1. The van der Waals surface area contributed by atoms with Crippen molar-refractivity contribution in [3.05, 3.63) is 29.3 Å². The Labute approximate surface area is 125 Å². The zero-order valence-electron chi connectivity index (χ0n) is 12.3. The van der Waals surface area contributed by atoms with Gasteiger partial charge in [-0.25, -0.2) is 0 Å². The van der Waals surface area contributed by atoms with E-state index in [0.29, 0.717) is 5.56 Å². The summed E-state index contributed by atoms with van der Waals surface area (Å²) >= 11 is 0. The molecule has 0 radical (unpaired) electrons. The van der Waals surface area contributed by atoms with Gasteiger partial charge in [-0.15, -0.1) is 0 Å². The van der Waals surface area contributed by atoms with Gasteiger partial charge in [-0.05, 0) is 50.2 Å². The standard InChI is InChI=1S/C15H21NO4S/c1-10-3-8-15(21(18,19)20)14(9-10)12-4-6-13(7-5-12)16-11(2)17/h3,8-9,12-13H,4-7H2,1-2H3,(H,16,17)(H,18,19,20). The molecule has 2 N–H and O–H groups in total. The van der Waals surface area contributed by atoms with Crippen LogP contribution in [0.15, 0.2) is 23.1 Å². The lowest BCUT2D eigenvalue weighted by atomic mass is 9.81. The van der Waals surface area contributed by atoms with Crippen LogP contribution in [0, 0.1) is 6.92 Å². The van der Waals surface area contributed by atoms with Crippen molar-refractivity contribution in [1.29, 1.82) is 0 Å². The first-order chi connectivity index (χ1) is 9.77. The van der Waals surface area contributed by atoms with Crippen LogP contribution in [0.25, 0.3) is 0 Å². The van der Waals surface area contributed by atoms with Crippen LogP contribution in [0.5, 0.6) is 0 Å². The minimum absolute atomic E-state index is 0.0103. The van der Waals surface area contributed by atoms with Crippen molar-refractivity contribution in [2.24, 2.45) is 0 Å². The molecule has 0 spiro atoms. The normalized spacial score (nSPS) is 22.8. The lowest BCUT2D eigenvalue weighted by Crippen LogP contribution is -2.35. The van der Waals surface area contributed by atoms with E-state index in [1.165, 1.54) is 13.0 Å². The topological polar surface area (TPSA) is 83.5 Å². The fraction of sp³-hybridized carbons (Fsp3) is 0.533. The summed E-state index contributed by atoms with van der Waals surface area (Å²) in [6.07, 6.45) is 3.25. The van der Waals surface area contributed by atoms with Crippen molar-refractivity contribution in [2.75, 3.05) is 0 Å². The van der Waals surface area contributed by atoms with Gasteiger partial charge in [0, 0.05) is 13.0 Å². The van der Waals surface area contributed by atoms with Gasteiger partial charge in [0.1, 0.15) is 0 Å². The quantitative estimate of drug-likeness (QED) is 0.840. The Morgan fingerprint density at radius 2 is 1.86 bits per heavy atom. The molecule has 1 aromatic rings. The van der Waals surface area contributed by atoms with Gasteiger partial charge in [-0.1, -0.05) is 17.7 Å². The van der Waals surface area contributed by atoms with Gasteiger partial charge in [-0.3, -0.25) is 9.35 Å². The number of nitrogens with one attached hydrogen (secondary N) is 1. The second-order valence-corrected chi connectivity index (χ2v) is 7.16. The molecule has 1 amide bonds. The molecular formula is C15H21NO4S. The van der Waals surface area contributed by atoms with Crippen LogP contribution >= 0.6 is 0 Å². The number of hydrogen-bond acceptors (Lipinski definition) is 3. The molecule has 0 aromatic heterocycles. The Balaban J connectivity index is 2.20. The molecule has 116 valence electrons. The van der Waals surface area contributed by atoms with E-state index in [0.717, 1.165) is 31.2 Å². The molecule has 0 bridgehead atoms. The number of hydrogen-bond donors (Lipinski definition) is 2. The van der Waals surface area contributed by atoms with E-state index in [-0.39, 0.29) is 22.8 Å². The third kappa shape index (κ3) is 4.04. The van der Waals surface area contributed by atoms with E-state index in [9.17, 15) is 17.8 Å². The summed E-state index contributed by atoms with van der Waals surface area (Å²) in [4.78, 5) is 11.1. The predicted molar refractivity (Wildman–Crippen MR) is 79.8 cm³/mol. The van der Waals surface area contributed by atoms with E-state index in [2.05, 4.69) is 5.32 Å². The molecule has 0 unspecified atom stereocenters. The van der Waals surface area contributed by atoms with Gasteiger partial charge < -0.3 is 5.32 Å². The number of carbonyl (C=O) groups is 1. The van der Waals surface area contributed by atoms with Crippen LogP contribution in [-0.2, 0) is 14.9 Å². The van der Waals surface area contributed by atoms with Crippen LogP contribution in [-0.4, -0.2) is 24.9 Å². The molecular weight excluding hydrogens is 290 g/mol. The molecule has 0 atom stereocenters. The minimum atomic E-state index is -4.20. The Morgan fingerprint density at radius 1 is 1.24 bits per heavy atom. The smallest absolute Gasteiger partial charge is 0.294 e. The summed E-state index contributed by atoms with van der Waals surface area (Å²) in [6, 6.07) is 5.17. The summed E-state index contributed by atoms with van der Waals surface area (Å²) in [5.74, 6) is 0.0689. The molecule has 0 aliphatic heterocycles. The van der Waals surface area contributed by atoms with Crippen LogP contribution in [0.3, 0.4) is 0 Å². The lowest BCUT2D eigenvalue weighted by Gasteiger charge is -2.30. The van der Waals surface area contributed by atoms with Gasteiger partial charge in [0.05, 0.1) is 4.90 Å². The molecule has 21 heavy (non-hydrogen) atoms. The zero-order chi connectivity index (χ0) is 15.6. The fourth-order valence-corrected chi connectivity index (χ4v) is 3.82. The van der Waals surface area contributed by atoms with Crippen LogP contribution in [0.2, 0.25) is 0 Å². The van der Waals surface area contributed by atoms with Crippen molar-refractivity contribution < 1.29 is 17.8 Å². The number of rotatable bonds is 3. The van der Waals surface area contributed by atoms with Gasteiger partial charge >= 0.3 is 0 Å². The van der Waals surface area contributed by atoms with Gasteiger partial charge in [-0.2, -0.15) is 8.42 Å². The van der Waals surface area contributed by atoms with Crippen molar-refractivity contribution >= 4 is 16.0 Å². The third-order valence-electron chi connectivity index (χ3n) is 4.02. The highest BCUT2D eigenvalue weighted by Gasteiger charge is 2.27. The molecule has 2 rings (SSSR count). The number of amides is 1. The summed E-state index contributed by atoms with van der Waals surface area (Å²) in [7, 11) is -4.20. The monoisotopic (exact) mass is 311 g/mol. The summed E-state index contributed by atoms with van der Waals surface area (Å²) in [5, 5.41) is 2.90. The number of carbonyl (C=O) groups excluding carboxylic acids is 1. The molecule has 1 saturated carbocycles. The molecule has 0 saturated heterocycles. The van der Waals surface area contributed by atoms with Crippen LogP contribution in [0.1, 0.15) is 49.7 Å². The highest BCUT2D eigenvalue weighted by molar-refractivity contribution is 7.85. The molecule has 1 aromatic carbocycles. The van der Waals surface area contributed by atoms with E-state index in [1.54, 1.807) is 6.07 Å². The van der Waals surface area contributed by atoms with E-state index >= 15 is 0 Å². The molecule has 1 aliphatic rings. The van der Waals surface area contributed by atoms with Gasteiger partial charge in [0.15, 0.2) is 0 Å². The van der Waals surface area contributed by atoms with Gasteiger partial charge in [0.25, 0.3) is 10.1 Å². The fourth-order valence-electron chi connectivity index (χ4n) is 3.06. The molecule has 6 heteroatoms. The average molecular weight is 311 g/mol. The first-order valence-electron chi connectivity index (χ1n) is 7.12. The molecule has 5 nitrogen and oxygen atoms in total. The first kappa shape index (κ1) is 16.0. The third-order valence-corrected chi connectivity index (χ3v) is 4.95. The highest BCUT2D eigenvalue weighted by atomic mass is 32.2.